The molecule has 1 aliphatic heterocycles. The molecule has 120 valence electrons. The molecule has 1 fully saturated rings. The van der Waals surface area contributed by atoms with Crippen LogP contribution >= 0.6 is 22.9 Å². The molecule has 2 aliphatic rings. The quantitative estimate of drug-likeness (QED) is 0.876. The van der Waals surface area contributed by atoms with E-state index in [9.17, 15) is 4.79 Å². The number of quaternary nitrogens is 1. The molecule has 2 heterocycles. The van der Waals surface area contributed by atoms with Crippen LogP contribution < -0.4 is 10.2 Å². The maximum absolute atomic E-state index is 12.4. The van der Waals surface area contributed by atoms with Crippen molar-refractivity contribution in [3.63, 3.8) is 0 Å². The number of carbonyl (C=O) groups is 1. The van der Waals surface area contributed by atoms with E-state index in [-0.39, 0.29) is 5.91 Å². The number of carbonyl (C=O) groups excluding carboxylic acids is 1. The molecule has 1 unspecified atom stereocenters. The normalized spacial score (nSPS) is 23.3. The summed E-state index contributed by atoms with van der Waals surface area (Å²) in [6.07, 6.45) is 3.71. The van der Waals surface area contributed by atoms with Gasteiger partial charge in [-0.25, -0.2) is 0 Å². The van der Waals surface area contributed by atoms with Gasteiger partial charge in [0.25, 0.3) is 5.91 Å². The number of fused-ring (bicyclic) bond motifs is 1. The highest BCUT2D eigenvalue weighted by molar-refractivity contribution is 7.10. The molecule has 1 aliphatic carbocycles. The van der Waals surface area contributed by atoms with Gasteiger partial charge in [0.1, 0.15) is 6.04 Å². The van der Waals surface area contributed by atoms with E-state index in [2.05, 4.69) is 16.8 Å². The van der Waals surface area contributed by atoms with Crippen LogP contribution in [0.3, 0.4) is 0 Å². The first-order valence-electron chi connectivity index (χ1n) is 8.17. The molecule has 5 heteroatoms. The molecule has 4 rings (SSSR count). The van der Waals surface area contributed by atoms with Crippen molar-refractivity contribution < 1.29 is 9.69 Å². The van der Waals surface area contributed by atoms with Crippen LogP contribution in [-0.2, 0) is 11.2 Å². The highest BCUT2D eigenvalue weighted by atomic mass is 35.5. The largest absolute Gasteiger partial charge is 0.321 e. The van der Waals surface area contributed by atoms with Crippen LogP contribution in [0.15, 0.2) is 35.7 Å². The van der Waals surface area contributed by atoms with E-state index in [0.717, 1.165) is 24.6 Å². The van der Waals surface area contributed by atoms with Crippen LogP contribution in [0.4, 0.5) is 5.69 Å². The molecule has 2 aromatic rings. The standard InChI is InChI=1S/C18H19ClN2OS/c19-13-3-5-14(6-4-13)20-17(22)11-21-9-7-16-15(8-10-23-16)18(21)12-1-2-12/h3-6,8,10,12,18H,1-2,7,9,11H2,(H,20,22)/p+1/t18-/m0/s1. The van der Waals surface area contributed by atoms with Crippen molar-refractivity contribution >= 4 is 34.5 Å². The van der Waals surface area contributed by atoms with E-state index in [4.69, 9.17) is 11.6 Å². The van der Waals surface area contributed by atoms with Crippen LogP contribution in [0.2, 0.25) is 5.02 Å². The average molecular weight is 348 g/mol. The molecular weight excluding hydrogens is 328 g/mol. The third-order valence-corrected chi connectivity index (χ3v) is 6.09. The van der Waals surface area contributed by atoms with Crippen molar-refractivity contribution in [3.05, 3.63) is 51.2 Å². The number of benzene rings is 1. The summed E-state index contributed by atoms with van der Waals surface area (Å²) in [5, 5.41) is 5.89. The second-order valence-corrected chi connectivity index (χ2v) is 7.94. The maximum Gasteiger partial charge on any atom is 0.279 e. The monoisotopic (exact) mass is 347 g/mol. The van der Waals surface area contributed by atoms with Gasteiger partial charge in [-0.15, -0.1) is 11.3 Å². The minimum atomic E-state index is 0.0895. The van der Waals surface area contributed by atoms with Gasteiger partial charge < -0.3 is 10.2 Å². The minimum absolute atomic E-state index is 0.0895. The molecule has 3 nitrogen and oxygen atoms in total. The Kier molecular flexibility index (Phi) is 4.14. The fourth-order valence-corrected chi connectivity index (χ4v) is 4.70. The van der Waals surface area contributed by atoms with E-state index in [0.29, 0.717) is 17.6 Å². The van der Waals surface area contributed by atoms with E-state index < -0.39 is 0 Å². The fraction of sp³-hybridized carbons (Fsp3) is 0.389. The maximum atomic E-state index is 12.4. The SMILES string of the molecule is O=C(C[NH+]1CCc2sccc2[C@@H]1C1CC1)Nc1ccc(Cl)cc1. The average Bonchev–Trinajstić information content (AvgIpc) is 3.26. The Labute approximate surface area is 145 Å². The molecule has 23 heavy (non-hydrogen) atoms. The lowest BCUT2D eigenvalue weighted by atomic mass is 9.96. The summed E-state index contributed by atoms with van der Waals surface area (Å²) in [5.41, 5.74) is 2.31. The molecule has 1 amide bonds. The zero-order valence-electron chi connectivity index (χ0n) is 12.8. The third kappa shape index (κ3) is 3.30. The number of amides is 1. The number of halogens is 1. The predicted octanol–water partition coefficient (Wildman–Crippen LogP) is 2.93. The summed E-state index contributed by atoms with van der Waals surface area (Å²) < 4.78 is 0. The van der Waals surface area contributed by atoms with Crippen molar-refractivity contribution in [2.75, 3.05) is 18.4 Å². The number of hydrogen-bond donors (Lipinski definition) is 2. The first kappa shape index (κ1) is 15.2. The fourth-order valence-electron chi connectivity index (χ4n) is 3.64. The van der Waals surface area contributed by atoms with Crippen molar-refractivity contribution in [1.29, 1.82) is 0 Å². The van der Waals surface area contributed by atoms with Crippen LogP contribution in [0.1, 0.15) is 29.3 Å². The Bertz CT molecular complexity index is 708. The second kappa shape index (κ2) is 6.27. The molecule has 1 aromatic carbocycles. The first-order valence-corrected chi connectivity index (χ1v) is 9.43. The lowest BCUT2D eigenvalue weighted by molar-refractivity contribution is -0.928. The van der Waals surface area contributed by atoms with Crippen molar-refractivity contribution in [2.24, 2.45) is 5.92 Å². The van der Waals surface area contributed by atoms with Crippen LogP contribution in [0, 0.1) is 5.92 Å². The van der Waals surface area contributed by atoms with Crippen LogP contribution in [-0.4, -0.2) is 19.0 Å². The number of nitrogens with one attached hydrogen (secondary N) is 2. The van der Waals surface area contributed by atoms with Crippen LogP contribution in [0.5, 0.6) is 0 Å². The van der Waals surface area contributed by atoms with Gasteiger partial charge in [0.2, 0.25) is 0 Å². The van der Waals surface area contributed by atoms with E-state index in [1.54, 1.807) is 12.1 Å². The van der Waals surface area contributed by atoms with E-state index in [1.165, 1.54) is 28.2 Å². The summed E-state index contributed by atoms with van der Waals surface area (Å²) in [7, 11) is 0. The van der Waals surface area contributed by atoms with Gasteiger partial charge in [0.15, 0.2) is 6.54 Å². The number of hydrogen-bond acceptors (Lipinski definition) is 2. The van der Waals surface area contributed by atoms with Gasteiger partial charge in [-0.2, -0.15) is 0 Å². The molecule has 0 spiro atoms. The molecule has 2 N–H and O–H groups in total. The van der Waals surface area contributed by atoms with Gasteiger partial charge in [-0.1, -0.05) is 11.6 Å². The zero-order valence-corrected chi connectivity index (χ0v) is 14.4. The van der Waals surface area contributed by atoms with Gasteiger partial charge in [-0.05, 0) is 48.6 Å². The Balaban J connectivity index is 1.45. The molecule has 1 aromatic heterocycles. The predicted molar refractivity (Wildman–Crippen MR) is 94.3 cm³/mol. The smallest absolute Gasteiger partial charge is 0.279 e. The van der Waals surface area contributed by atoms with Gasteiger partial charge >= 0.3 is 0 Å². The Hall–Kier alpha value is -1.36. The molecule has 1 saturated carbocycles. The van der Waals surface area contributed by atoms with Crippen molar-refractivity contribution in [1.82, 2.24) is 0 Å². The molecule has 0 bridgehead atoms. The van der Waals surface area contributed by atoms with Gasteiger partial charge in [0.05, 0.1) is 6.54 Å². The Morgan fingerprint density at radius 3 is 2.78 bits per heavy atom. The van der Waals surface area contributed by atoms with E-state index >= 15 is 0 Å². The minimum Gasteiger partial charge on any atom is -0.321 e. The Morgan fingerprint density at radius 1 is 1.26 bits per heavy atom. The summed E-state index contributed by atoms with van der Waals surface area (Å²) >= 11 is 7.76. The number of rotatable bonds is 4. The lowest BCUT2D eigenvalue weighted by Gasteiger charge is -2.32. The molecule has 0 saturated heterocycles. The van der Waals surface area contributed by atoms with Gasteiger partial charge in [0, 0.05) is 33.5 Å². The third-order valence-electron chi connectivity index (χ3n) is 4.84. The first-order chi connectivity index (χ1) is 11.2. The Morgan fingerprint density at radius 2 is 2.04 bits per heavy atom. The number of anilines is 1. The zero-order chi connectivity index (χ0) is 15.8. The summed E-state index contributed by atoms with van der Waals surface area (Å²) in [6.45, 7) is 1.60. The van der Waals surface area contributed by atoms with Crippen molar-refractivity contribution in [2.45, 2.75) is 25.3 Å². The van der Waals surface area contributed by atoms with Gasteiger partial charge in [-0.3, -0.25) is 4.79 Å². The summed E-state index contributed by atoms with van der Waals surface area (Å²) in [4.78, 5) is 15.4. The second-order valence-electron chi connectivity index (χ2n) is 6.50. The highest BCUT2D eigenvalue weighted by Gasteiger charge is 2.43. The lowest BCUT2D eigenvalue weighted by Crippen LogP contribution is -3.14. The summed E-state index contributed by atoms with van der Waals surface area (Å²) in [5.74, 6) is 0.855. The summed E-state index contributed by atoms with van der Waals surface area (Å²) in [6, 6.07) is 10.1. The highest BCUT2D eigenvalue weighted by Crippen LogP contribution is 2.42. The van der Waals surface area contributed by atoms with E-state index in [1.807, 2.05) is 23.5 Å². The molecule has 0 radical (unpaired) electrons. The topological polar surface area (TPSA) is 33.5 Å². The molecule has 2 atom stereocenters. The van der Waals surface area contributed by atoms with Crippen molar-refractivity contribution in [3.8, 4) is 0 Å². The molecular formula is C18H20ClN2OS+. The van der Waals surface area contributed by atoms with Crippen LogP contribution in [0.25, 0.3) is 0 Å². The number of thiophene rings is 1.